The quantitative estimate of drug-likeness (QED) is 0.763. The molecule has 1 aliphatic heterocycles. The predicted molar refractivity (Wildman–Crippen MR) is 100 cm³/mol. The number of hydrogen-bond donors (Lipinski definition) is 1. The van der Waals surface area contributed by atoms with E-state index in [1.165, 1.54) is 0 Å². The van der Waals surface area contributed by atoms with E-state index in [0.717, 1.165) is 30.4 Å². The summed E-state index contributed by atoms with van der Waals surface area (Å²) in [6.07, 6.45) is 0. The van der Waals surface area contributed by atoms with Crippen LogP contribution < -0.4 is 14.8 Å². The third kappa shape index (κ3) is 5.48. The number of nitrogens with zero attached hydrogens (tertiary/aromatic N) is 1. The van der Waals surface area contributed by atoms with E-state index in [-0.39, 0.29) is 18.6 Å². The maximum absolute atomic E-state index is 12.2. The lowest BCUT2D eigenvalue weighted by Crippen LogP contribution is -2.44. The molecule has 7 heteroatoms. The van der Waals surface area contributed by atoms with Gasteiger partial charge in [-0.15, -0.1) is 0 Å². The highest BCUT2D eigenvalue weighted by Gasteiger charge is 2.25. The number of nitrogens with one attached hydrogen (secondary N) is 1. The van der Waals surface area contributed by atoms with Gasteiger partial charge in [-0.1, -0.05) is 0 Å². The molecule has 1 N–H and O–H groups in total. The molecule has 1 amide bonds. The summed E-state index contributed by atoms with van der Waals surface area (Å²) < 4.78 is 21.9. The van der Waals surface area contributed by atoms with E-state index in [9.17, 15) is 4.79 Å². The van der Waals surface area contributed by atoms with Gasteiger partial charge in [0.25, 0.3) is 5.91 Å². The van der Waals surface area contributed by atoms with Gasteiger partial charge in [0.2, 0.25) is 0 Å². The Morgan fingerprint density at radius 1 is 1.15 bits per heavy atom. The molecule has 27 heavy (non-hydrogen) atoms. The van der Waals surface area contributed by atoms with Crippen molar-refractivity contribution in [1.29, 1.82) is 0 Å². The van der Waals surface area contributed by atoms with Crippen LogP contribution in [0.5, 0.6) is 11.5 Å². The van der Waals surface area contributed by atoms with Crippen LogP contribution in [0.2, 0.25) is 0 Å². The van der Waals surface area contributed by atoms with Crippen LogP contribution in [0.1, 0.15) is 17.6 Å². The molecule has 1 atom stereocenters. The minimum atomic E-state index is -0.174. The van der Waals surface area contributed by atoms with Gasteiger partial charge in [-0.2, -0.15) is 0 Å². The lowest BCUT2D eigenvalue weighted by atomic mass is 10.1. The van der Waals surface area contributed by atoms with Crippen molar-refractivity contribution in [1.82, 2.24) is 10.2 Å². The van der Waals surface area contributed by atoms with Crippen molar-refractivity contribution in [3.63, 3.8) is 0 Å². The van der Waals surface area contributed by atoms with Gasteiger partial charge >= 0.3 is 0 Å². The fourth-order valence-electron chi connectivity index (χ4n) is 3.01. The third-order valence-electron chi connectivity index (χ3n) is 4.50. The van der Waals surface area contributed by atoms with E-state index in [2.05, 4.69) is 10.2 Å². The number of methoxy groups -OCH3 is 1. The average molecular weight is 374 g/mol. The van der Waals surface area contributed by atoms with E-state index in [1.807, 2.05) is 19.1 Å². The van der Waals surface area contributed by atoms with Gasteiger partial charge in [-0.05, 0) is 43.3 Å². The first kappa shape index (κ1) is 19.3. The smallest absolute Gasteiger partial charge is 0.258 e. The van der Waals surface area contributed by atoms with Gasteiger partial charge < -0.3 is 23.9 Å². The number of ether oxygens (including phenoxy) is 3. The largest absolute Gasteiger partial charge is 0.497 e. The highest BCUT2D eigenvalue weighted by molar-refractivity contribution is 5.77. The fourth-order valence-corrected chi connectivity index (χ4v) is 3.01. The zero-order valence-corrected chi connectivity index (χ0v) is 15.8. The second kappa shape index (κ2) is 9.43. The van der Waals surface area contributed by atoms with Crippen molar-refractivity contribution < 1.29 is 23.4 Å². The van der Waals surface area contributed by atoms with Crippen LogP contribution in [0.3, 0.4) is 0 Å². The first-order valence-electron chi connectivity index (χ1n) is 9.07. The number of aryl methyl sites for hydroxylation is 1. The van der Waals surface area contributed by atoms with Gasteiger partial charge in [0, 0.05) is 19.6 Å². The minimum Gasteiger partial charge on any atom is -0.497 e. The number of amides is 1. The Hall–Kier alpha value is -2.51. The van der Waals surface area contributed by atoms with Crippen LogP contribution in [-0.4, -0.2) is 57.4 Å². The summed E-state index contributed by atoms with van der Waals surface area (Å²) in [5.41, 5.74) is 0. The van der Waals surface area contributed by atoms with Gasteiger partial charge in [-0.3, -0.25) is 9.69 Å². The van der Waals surface area contributed by atoms with Crippen molar-refractivity contribution in [2.75, 3.05) is 46.6 Å². The van der Waals surface area contributed by atoms with E-state index in [4.69, 9.17) is 18.6 Å². The number of hydrogen-bond acceptors (Lipinski definition) is 6. The molecule has 0 aliphatic carbocycles. The summed E-state index contributed by atoms with van der Waals surface area (Å²) in [6.45, 7) is 5.32. The summed E-state index contributed by atoms with van der Waals surface area (Å²) >= 11 is 0. The Labute approximate surface area is 159 Å². The Kier molecular flexibility index (Phi) is 6.73. The Morgan fingerprint density at radius 2 is 1.85 bits per heavy atom. The van der Waals surface area contributed by atoms with E-state index >= 15 is 0 Å². The molecule has 0 spiro atoms. The normalized spacial score (nSPS) is 15.9. The number of carbonyl (C=O) groups is 1. The first-order valence-corrected chi connectivity index (χ1v) is 9.07. The molecule has 1 unspecified atom stereocenters. The monoisotopic (exact) mass is 374 g/mol. The number of furan rings is 1. The number of morpholine rings is 1. The number of rotatable bonds is 8. The Morgan fingerprint density at radius 3 is 2.48 bits per heavy atom. The summed E-state index contributed by atoms with van der Waals surface area (Å²) in [5.74, 6) is 2.90. The minimum absolute atomic E-state index is 0.0208. The van der Waals surface area contributed by atoms with Crippen molar-refractivity contribution in [2.45, 2.75) is 13.0 Å². The number of carbonyl (C=O) groups excluding carboxylic acids is 1. The predicted octanol–water partition coefficient (Wildman–Crippen LogP) is 2.17. The molecule has 1 saturated heterocycles. The van der Waals surface area contributed by atoms with E-state index in [1.54, 1.807) is 31.4 Å². The average Bonchev–Trinajstić information content (AvgIpc) is 3.13. The van der Waals surface area contributed by atoms with Crippen LogP contribution in [-0.2, 0) is 9.53 Å². The van der Waals surface area contributed by atoms with Crippen molar-refractivity contribution in [3.05, 3.63) is 47.9 Å². The van der Waals surface area contributed by atoms with Crippen molar-refractivity contribution in [3.8, 4) is 11.5 Å². The molecule has 2 aromatic rings. The Bertz CT molecular complexity index is 722. The van der Waals surface area contributed by atoms with E-state index < -0.39 is 0 Å². The van der Waals surface area contributed by atoms with Crippen LogP contribution in [0, 0.1) is 6.92 Å². The lowest BCUT2D eigenvalue weighted by molar-refractivity contribution is -0.123. The van der Waals surface area contributed by atoms with Gasteiger partial charge in [0.1, 0.15) is 23.0 Å². The molecular formula is C20H26N2O5. The van der Waals surface area contributed by atoms with Crippen molar-refractivity contribution >= 4 is 5.91 Å². The molecule has 7 nitrogen and oxygen atoms in total. The third-order valence-corrected chi connectivity index (χ3v) is 4.50. The second-order valence-electron chi connectivity index (χ2n) is 6.38. The molecule has 0 saturated carbocycles. The van der Waals surface area contributed by atoms with Gasteiger partial charge in [-0.25, -0.2) is 0 Å². The maximum Gasteiger partial charge on any atom is 0.258 e. The molecule has 146 valence electrons. The molecule has 2 heterocycles. The molecule has 0 radical (unpaired) electrons. The molecule has 1 aromatic heterocycles. The fraction of sp³-hybridized carbons (Fsp3) is 0.450. The Balaban J connectivity index is 1.53. The van der Waals surface area contributed by atoms with Gasteiger partial charge in [0.15, 0.2) is 6.61 Å². The standard InChI is InChI=1S/C20H26N2O5/c1-15-3-8-19(27-15)18(22-9-11-25-12-10-22)13-21-20(23)14-26-17-6-4-16(24-2)5-7-17/h3-8,18H,9-14H2,1-2H3,(H,21,23). The highest BCUT2D eigenvalue weighted by atomic mass is 16.5. The van der Waals surface area contributed by atoms with E-state index in [0.29, 0.717) is 25.5 Å². The summed E-state index contributed by atoms with van der Waals surface area (Å²) in [6, 6.07) is 11.0. The van der Waals surface area contributed by atoms with Crippen LogP contribution in [0.15, 0.2) is 40.8 Å². The molecule has 1 aliphatic rings. The number of benzene rings is 1. The SMILES string of the molecule is COc1ccc(OCC(=O)NCC(c2ccc(C)o2)N2CCOCC2)cc1. The lowest BCUT2D eigenvalue weighted by Gasteiger charge is -2.33. The van der Waals surface area contributed by atoms with Crippen LogP contribution >= 0.6 is 0 Å². The second-order valence-corrected chi connectivity index (χ2v) is 6.38. The zero-order chi connectivity index (χ0) is 19.1. The molecule has 1 aromatic carbocycles. The highest BCUT2D eigenvalue weighted by Crippen LogP contribution is 2.23. The zero-order valence-electron chi connectivity index (χ0n) is 15.8. The van der Waals surface area contributed by atoms with Crippen LogP contribution in [0.4, 0.5) is 0 Å². The van der Waals surface area contributed by atoms with Crippen LogP contribution in [0.25, 0.3) is 0 Å². The summed E-state index contributed by atoms with van der Waals surface area (Å²) in [5, 5.41) is 2.95. The first-order chi connectivity index (χ1) is 13.2. The molecular weight excluding hydrogens is 348 g/mol. The molecule has 0 bridgehead atoms. The van der Waals surface area contributed by atoms with Gasteiger partial charge in [0.05, 0.1) is 26.4 Å². The maximum atomic E-state index is 12.2. The topological polar surface area (TPSA) is 73.2 Å². The summed E-state index contributed by atoms with van der Waals surface area (Å²) in [4.78, 5) is 14.5. The summed E-state index contributed by atoms with van der Waals surface area (Å²) in [7, 11) is 1.61. The van der Waals surface area contributed by atoms with Crippen molar-refractivity contribution in [2.24, 2.45) is 0 Å². The molecule has 3 rings (SSSR count). The molecule has 1 fully saturated rings.